The Labute approximate surface area is 219 Å². The van der Waals surface area contributed by atoms with E-state index in [1.807, 2.05) is 0 Å². The summed E-state index contributed by atoms with van der Waals surface area (Å²) in [4.78, 5) is 40.0. The molecule has 3 amide bonds. The Hall–Kier alpha value is -4.13. The van der Waals surface area contributed by atoms with E-state index in [1.54, 1.807) is 0 Å². The highest BCUT2D eigenvalue weighted by atomic mass is 32.1. The molecule has 6 N–H and O–H groups in total. The molecule has 0 unspecified atom stereocenters. The Kier molecular flexibility index (Phi) is 7.58. The molecular weight excluding hydrogens is 523 g/mol. The molecule has 1 aliphatic rings. The van der Waals surface area contributed by atoms with Crippen molar-refractivity contribution in [3.05, 3.63) is 70.2 Å². The number of amides is 3. The van der Waals surface area contributed by atoms with Gasteiger partial charge in [-0.3, -0.25) is 19.3 Å². The molecule has 3 aromatic rings. The van der Waals surface area contributed by atoms with Crippen molar-refractivity contribution in [3.8, 4) is 5.75 Å². The number of nitrogen functional groups attached to an aromatic ring is 1. The number of rotatable bonds is 7. The number of halogens is 3. The molecule has 13 heteroatoms. The molecule has 0 spiro atoms. The third-order valence-electron chi connectivity index (χ3n) is 6.24. The Morgan fingerprint density at radius 2 is 1.76 bits per heavy atom. The Morgan fingerprint density at radius 1 is 1.11 bits per heavy atom. The summed E-state index contributed by atoms with van der Waals surface area (Å²) in [5, 5.41) is 12.7. The number of hydrogen-bond acceptors (Lipinski definition) is 7. The van der Waals surface area contributed by atoms with E-state index in [1.165, 1.54) is 30.3 Å². The van der Waals surface area contributed by atoms with Gasteiger partial charge < -0.3 is 21.9 Å². The molecule has 1 fully saturated rings. The van der Waals surface area contributed by atoms with Gasteiger partial charge in [-0.25, -0.2) is 0 Å². The summed E-state index contributed by atoms with van der Waals surface area (Å²) >= 11 is 0.544. The number of carbonyl (C=O) groups is 3. The molecule has 0 aliphatic heterocycles. The monoisotopic (exact) mass is 547 g/mol. The lowest BCUT2D eigenvalue weighted by Gasteiger charge is -2.32. The molecule has 1 aliphatic carbocycles. The van der Waals surface area contributed by atoms with E-state index in [0.29, 0.717) is 11.5 Å². The van der Waals surface area contributed by atoms with E-state index in [2.05, 4.69) is 9.69 Å². The highest BCUT2D eigenvalue weighted by molar-refractivity contribution is 7.09. The van der Waals surface area contributed by atoms with Crippen molar-refractivity contribution < 1.29 is 32.7 Å². The van der Waals surface area contributed by atoms with E-state index in [9.17, 15) is 32.7 Å². The molecular formula is C25H24F3N5O4S. The Bertz CT molecular complexity index is 1350. The number of phenolic OH excluding ortho intramolecular Hbond substituents is 1. The van der Waals surface area contributed by atoms with Crippen LogP contribution in [0.4, 0.5) is 24.5 Å². The van der Waals surface area contributed by atoms with Crippen LogP contribution in [-0.4, -0.2) is 33.2 Å². The largest absolute Gasteiger partial charge is 0.508 e. The summed E-state index contributed by atoms with van der Waals surface area (Å²) in [6.45, 7) is 0. The molecule has 9 nitrogen and oxygen atoms in total. The van der Waals surface area contributed by atoms with Crippen LogP contribution in [0.5, 0.6) is 5.75 Å². The van der Waals surface area contributed by atoms with Gasteiger partial charge in [0.05, 0.1) is 11.3 Å². The first-order chi connectivity index (χ1) is 18.0. The van der Waals surface area contributed by atoms with Gasteiger partial charge in [0.2, 0.25) is 5.91 Å². The number of aromatic hydroxyl groups is 1. The highest BCUT2D eigenvalue weighted by Crippen LogP contribution is 2.37. The SMILES string of the molecule is NC(=O)c1nsc(C(=O)N(c2cccc(C(F)(F)F)c2)[C@H](C(=O)NC2CCCC2)c2ccc(O)cc2)c1N. The average molecular weight is 548 g/mol. The number of nitrogens with one attached hydrogen (secondary N) is 1. The molecule has 0 saturated heterocycles. The van der Waals surface area contributed by atoms with Gasteiger partial charge in [0, 0.05) is 11.7 Å². The minimum absolute atomic E-state index is 0.113. The summed E-state index contributed by atoms with van der Waals surface area (Å²) in [6, 6.07) is 7.73. The van der Waals surface area contributed by atoms with E-state index < -0.39 is 35.5 Å². The number of nitrogens with zero attached hydrogens (tertiary/aromatic N) is 2. The number of benzene rings is 2. The quantitative estimate of drug-likeness (QED) is 0.351. The molecule has 1 heterocycles. The van der Waals surface area contributed by atoms with Crippen molar-refractivity contribution in [2.75, 3.05) is 10.6 Å². The highest BCUT2D eigenvalue weighted by Gasteiger charge is 2.38. The van der Waals surface area contributed by atoms with Crippen molar-refractivity contribution in [1.82, 2.24) is 9.69 Å². The third-order valence-corrected chi connectivity index (χ3v) is 7.09. The van der Waals surface area contributed by atoms with Crippen molar-refractivity contribution in [1.29, 1.82) is 0 Å². The van der Waals surface area contributed by atoms with Crippen LogP contribution in [0.3, 0.4) is 0 Å². The van der Waals surface area contributed by atoms with Crippen molar-refractivity contribution in [3.63, 3.8) is 0 Å². The summed E-state index contributed by atoms with van der Waals surface area (Å²) in [6.07, 6.45) is -1.49. The van der Waals surface area contributed by atoms with E-state index >= 15 is 0 Å². The van der Waals surface area contributed by atoms with Gasteiger partial charge >= 0.3 is 6.18 Å². The predicted molar refractivity (Wildman–Crippen MR) is 135 cm³/mol. The maximum Gasteiger partial charge on any atom is 0.416 e. The fourth-order valence-corrected chi connectivity index (χ4v) is 5.12. The van der Waals surface area contributed by atoms with E-state index in [0.717, 1.165) is 48.8 Å². The first-order valence-corrected chi connectivity index (χ1v) is 12.4. The minimum Gasteiger partial charge on any atom is -0.508 e. The Balaban J connectivity index is 1.90. The summed E-state index contributed by atoms with van der Waals surface area (Å²) in [7, 11) is 0. The number of phenols is 1. The average Bonchev–Trinajstić information content (AvgIpc) is 3.52. The smallest absolute Gasteiger partial charge is 0.416 e. The molecule has 1 aromatic heterocycles. The predicted octanol–water partition coefficient (Wildman–Crippen LogP) is 4.00. The molecule has 1 saturated carbocycles. The Morgan fingerprint density at radius 3 is 2.34 bits per heavy atom. The van der Waals surface area contributed by atoms with Crippen LogP contribution in [0.1, 0.15) is 63.0 Å². The maximum atomic E-state index is 13.9. The van der Waals surface area contributed by atoms with Gasteiger partial charge in [-0.1, -0.05) is 31.0 Å². The number of primary amides is 1. The van der Waals surface area contributed by atoms with Gasteiger partial charge in [-0.15, -0.1) is 0 Å². The second kappa shape index (κ2) is 10.7. The van der Waals surface area contributed by atoms with Gasteiger partial charge in [-0.05, 0) is 60.3 Å². The van der Waals surface area contributed by atoms with Gasteiger partial charge in [0.25, 0.3) is 11.8 Å². The normalized spacial score (nSPS) is 14.7. The zero-order valence-corrected chi connectivity index (χ0v) is 20.7. The molecule has 2 aromatic carbocycles. The lowest BCUT2D eigenvalue weighted by Crippen LogP contribution is -2.46. The van der Waals surface area contributed by atoms with Gasteiger partial charge in [-0.2, -0.15) is 17.5 Å². The van der Waals surface area contributed by atoms with Crippen molar-refractivity contribution in [2.45, 2.75) is 43.9 Å². The summed E-state index contributed by atoms with van der Waals surface area (Å²) in [5.74, 6) is -2.69. The number of hydrogen-bond donors (Lipinski definition) is 4. The maximum absolute atomic E-state index is 13.9. The molecule has 0 radical (unpaired) electrons. The topological polar surface area (TPSA) is 152 Å². The minimum atomic E-state index is -4.73. The van der Waals surface area contributed by atoms with Gasteiger partial charge in [0.1, 0.15) is 16.7 Å². The van der Waals surface area contributed by atoms with Crippen molar-refractivity contribution in [2.24, 2.45) is 5.73 Å². The molecule has 1 atom stereocenters. The number of anilines is 2. The van der Waals surface area contributed by atoms with E-state index in [4.69, 9.17) is 11.5 Å². The zero-order valence-electron chi connectivity index (χ0n) is 19.9. The third kappa shape index (κ3) is 5.57. The molecule has 38 heavy (non-hydrogen) atoms. The summed E-state index contributed by atoms with van der Waals surface area (Å²) < 4.78 is 44.7. The van der Waals surface area contributed by atoms with Crippen LogP contribution < -0.4 is 21.7 Å². The number of nitrogens with two attached hydrogens (primary N) is 2. The first-order valence-electron chi connectivity index (χ1n) is 11.6. The van der Waals surface area contributed by atoms with Gasteiger partial charge in [0.15, 0.2) is 5.69 Å². The van der Waals surface area contributed by atoms with Crippen LogP contribution in [0.15, 0.2) is 48.5 Å². The lowest BCUT2D eigenvalue weighted by atomic mass is 10.0. The molecule has 4 rings (SSSR count). The lowest BCUT2D eigenvalue weighted by molar-refractivity contribution is -0.137. The fourth-order valence-electron chi connectivity index (χ4n) is 4.38. The van der Waals surface area contributed by atoms with Crippen LogP contribution in [-0.2, 0) is 11.0 Å². The zero-order chi connectivity index (χ0) is 27.6. The standard InChI is InChI=1S/C25H24F3N5O4S/c26-25(27,28)14-4-3-7-16(12-14)33(24(37)21-18(29)19(22(30)35)32-38-21)20(13-8-10-17(34)11-9-13)23(36)31-15-5-1-2-6-15/h3-4,7-12,15,20,34H,1-2,5-6,29H2,(H2,30,35)(H,31,36)/t20-/m0/s1. The molecule has 200 valence electrons. The second-order valence-electron chi connectivity index (χ2n) is 8.85. The second-order valence-corrected chi connectivity index (χ2v) is 9.62. The van der Waals surface area contributed by atoms with Crippen LogP contribution in [0.2, 0.25) is 0 Å². The van der Waals surface area contributed by atoms with E-state index in [-0.39, 0.29) is 39.3 Å². The summed E-state index contributed by atoms with van der Waals surface area (Å²) in [5.41, 5.74) is 9.49. The first kappa shape index (κ1) is 26.9. The van der Waals surface area contributed by atoms with Crippen LogP contribution in [0.25, 0.3) is 0 Å². The number of aromatic nitrogens is 1. The number of carbonyl (C=O) groups excluding carboxylic acids is 3. The van der Waals surface area contributed by atoms with Crippen LogP contribution >= 0.6 is 11.5 Å². The van der Waals surface area contributed by atoms with Crippen LogP contribution in [0, 0.1) is 0 Å². The fraction of sp³-hybridized carbons (Fsp3) is 0.280. The van der Waals surface area contributed by atoms with Crippen molar-refractivity contribution >= 4 is 40.6 Å². The molecule has 0 bridgehead atoms. The number of alkyl halides is 3.